The number of hydrogen-bond acceptors (Lipinski definition) is 3. The number of nitrogens with one attached hydrogen (secondary N) is 1. The minimum absolute atomic E-state index is 0.158. The van der Waals surface area contributed by atoms with E-state index in [1.807, 2.05) is 48.5 Å². The molecule has 3 aromatic rings. The highest BCUT2D eigenvalue weighted by Crippen LogP contribution is 2.18. The number of hydrazone groups is 1. The highest BCUT2D eigenvalue weighted by molar-refractivity contribution is 14.1. The van der Waals surface area contributed by atoms with Crippen molar-refractivity contribution in [3.8, 4) is 0 Å². The van der Waals surface area contributed by atoms with Crippen molar-refractivity contribution in [2.45, 2.75) is 6.42 Å². The number of hydrogen-bond donors (Lipinski definition) is 1. The third kappa shape index (κ3) is 3.54. The molecule has 0 saturated carbocycles. The lowest BCUT2D eigenvalue weighted by molar-refractivity contribution is -0.120. The molecule has 0 aliphatic rings. The first kappa shape index (κ1) is 14.8. The smallest absolute Gasteiger partial charge is 0.244 e. The van der Waals surface area contributed by atoms with Crippen molar-refractivity contribution < 1.29 is 9.21 Å². The van der Waals surface area contributed by atoms with E-state index in [4.69, 9.17) is 4.42 Å². The number of nitrogens with zero attached hydrogens (tertiary/aromatic N) is 1. The molecule has 0 fully saturated rings. The maximum absolute atomic E-state index is 12.0. The first-order chi connectivity index (χ1) is 10.7. The summed E-state index contributed by atoms with van der Waals surface area (Å²) < 4.78 is 6.11. The Kier molecular flexibility index (Phi) is 4.53. The van der Waals surface area contributed by atoms with Crippen molar-refractivity contribution in [2.24, 2.45) is 5.10 Å². The lowest BCUT2D eigenvalue weighted by Crippen LogP contribution is -2.19. The van der Waals surface area contributed by atoms with Gasteiger partial charge in [-0.15, -0.1) is 0 Å². The van der Waals surface area contributed by atoms with Gasteiger partial charge in [0.1, 0.15) is 5.76 Å². The minimum atomic E-state index is -0.158. The fourth-order valence-corrected chi connectivity index (χ4v) is 2.66. The number of rotatable bonds is 4. The molecule has 0 unspecified atom stereocenters. The van der Waals surface area contributed by atoms with E-state index in [9.17, 15) is 4.79 Å². The Labute approximate surface area is 141 Å². The molecule has 5 heteroatoms. The topological polar surface area (TPSA) is 54.6 Å². The molecular formula is C17H13IN2O2. The highest BCUT2D eigenvalue weighted by Gasteiger charge is 2.06. The van der Waals surface area contributed by atoms with E-state index in [-0.39, 0.29) is 12.3 Å². The molecule has 0 radical (unpaired) electrons. The minimum Gasteiger partial charge on any atom is -0.449 e. The van der Waals surface area contributed by atoms with E-state index in [1.165, 1.54) is 6.21 Å². The second kappa shape index (κ2) is 6.74. The van der Waals surface area contributed by atoms with Crippen LogP contribution in [0.15, 0.2) is 64.1 Å². The number of furan rings is 1. The number of amides is 1. The number of carbonyl (C=O) groups is 1. The first-order valence-corrected chi connectivity index (χ1v) is 7.84. The Morgan fingerprint density at radius 3 is 2.77 bits per heavy atom. The van der Waals surface area contributed by atoms with Gasteiger partial charge < -0.3 is 4.42 Å². The number of halogens is 1. The summed E-state index contributed by atoms with van der Waals surface area (Å²) in [5.74, 6) is 0.448. The van der Waals surface area contributed by atoms with E-state index < -0.39 is 0 Å². The largest absolute Gasteiger partial charge is 0.449 e. The van der Waals surface area contributed by atoms with Gasteiger partial charge in [-0.05, 0) is 51.1 Å². The second-order valence-corrected chi connectivity index (χ2v) is 5.81. The van der Waals surface area contributed by atoms with Crippen molar-refractivity contribution >= 4 is 45.5 Å². The van der Waals surface area contributed by atoms with Crippen LogP contribution in [0.4, 0.5) is 0 Å². The molecule has 0 aliphatic carbocycles. The summed E-state index contributed by atoms with van der Waals surface area (Å²) in [6.45, 7) is 0. The van der Waals surface area contributed by atoms with Crippen molar-refractivity contribution in [3.05, 3.63) is 69.7 Å². The van der Waals surface area contributed by atoms with Gasteiger partial charge in [0.2, 0.25) is 5.91 Å². The van der Waals surface area contributed by atoms with E-state index >= 15 is 0 Å². The third-order valence-electron chi connectivity index (χ3n) is 3.21. The van der Waals surface area contributed by atoms with Crippen LogP contribution in [0.3, 0.4) is 0 Å². The zero-order valence-electron chi connectivity index (χ0n) is 11.6. The van der Waals surface area contributed by atoms with Crippen LogP contribution in [-0.4, -0.2) is 12.1 Å². The summed E-state index contributed by atoms with van der Waals surface area (Å²) in [4.78, 5) is 12.0. The van der Waals surface area contributed by atoms with Crippen molar-refractivity contribution in [2.75, 3.05) is 0 Å². The first-order valence-electron chi connectivity index (χ1n) is 6.76. The fourth-order valence-electron chi connectivity index (χ4n) is 2.22. The van der Waals surface area contributed by atoms with Crippen LogP contribution in [-0.2, 0) is 11.2 Å². The standard InChI is InChI=1S/C17H13IN2O2/c18-16-9-8-14(22-16)11-19-20-17(21)10-13-6-3-5-12-4-1-2-7-15(12)13/h1-9,11H,10H2,(H,20,21)/b19-11+. The second-order valence-electron chi connectivity index (χ2n) is 4.75. The molecule has 1 heterocycles. The Morgan fingerprint density at radius 1 is 1.14 bits per heavy atom. The van der Waals surface area contributed by atoms with Crippen molar-refractivity contribution in [1.82, 2.24) is 5.43 Å². The fraction of sp³-hybridized carbons (Fsp3) is 0.0588. The van der Waals surface area contributed by atoms with E-state index in [0.29, 0.717) is 5.76 Å². The molecule has 3 rings (SSSR count). The van der Waals surface area contributed by atoms with Crippen LogP contribution in [0.1, 0.15) is 11.3 Å². The van der Waals surface area contributed by atoms with Gasteiger partial charge in [0.25, 0.3) is 0 Å². The molecule has 110 valence electrons. The zero-order chi connectivity index (χ0) is 15.4. The predicted molar refractivity (Wildman–Crippen MR) is 94.8 cm³/mol. The zero-order valence-corrected chi connectivity index (χ0v) is 13.8. The van der Waals surface area contributed by atoms with Crippen LogP contribution >= 0.6 is 22.6 Å². The van der Waals surface area contributed by atoms with Gasteiger partial charge in [0.05, 0.1) is 12.6 Å². The van der Waals surface area contributed by atoms with Gasteiger partial charge in [-0.25, -0.2) is 5.43 Å². The molecule has 1 N–H and O–H groups in total. The normalized spacial score (nSPS) is 11.1. The number of carbonyl (C=O) groups excluding carboxylic acids is 1. The van der Waals surface area contributed by atoms with Gasteiger partial charge >= 0.3 is 0 Å². The van der Waals surface area contributed by atoms with E-state index in [0.717, 1.165) is 20.1 Å². The lowest BCUT2D eigenvalue weighted by Gasteiger charge is -2.05. The number of fused-ring (bicyclic) bond motifs is 1. The Hall–Kier alpha value is -2.15. The summed E-state index contributed by atoms with van der Waals surface area (Å²) >= 11 is 2.07. The molecule has 0 saturated heterocycles. The Balaban J connectivity index is 1.67. The van der Waals surface area contributed by atoms with E-state index in [2.05, 4.69) is 33.1 Å². The van der Waals surface area contributed by atoms with Gasteiger partial charge in [-0.1, -0.05) is 42.5 Å². The monoisotopic (exact) mass is 404 g/mol. The van der Waals surface area contributed by atoms with Crippen LogP contribution in [0, 0.1) is 3.77 Å². The maximum atomic E-state index is 12.0. The lowest BCUT2D eigenvalue weighted by atomic mass is 10.0. The molecule has 0 spiro atoms. The average Bonchev–Trinajstić information content (AvgIpc) is 2.93. The predicted octanol–water partition coefficient (Wildman–Crippen LogP) is 3.73. The summed E-state index contributed by atoms with van der Waals surface area (Å²) in [6, 6.07) is 17.6. The van der Waals surface area contributed by atoms with Gasteiger partial charge in [-0.3, -0.25) is 4.79 Å². The number of benzene rings is 2. The molecule has 22 heavy (non-hydrogen) atoms. The molecule has 0 atom stereocenters. The SMILES string of the molecule is O=C(Cc1cccc2ccccc12)N/N=C/c1ccc(I)o1. The molecule has 4 nitrogen and oxygen atoms in total. The van der Waals surface area contributed by atoms with Crippen LogP contribution in [0.5, 0.6) is 0 Å². The molecule has 2 aromatic carbocycles. The van der Waals surface area contributed by atoms with Crippen LogP contribution in [0.25, 0.3) is 10.8 Å². The quantitative estimate of drug-likeness (QED) is 0.409. The van der Waals surface area contributed by atoms with Gasteiger partial charge in [0.15, 0.2) is 3.77 Å². The Morgan fingerprint density at radius 2 is 1.95 bits per heavy atom. The molecule has 1 amide bonds. The summed E-state index contributed by atoms with van der Waals surface area (Å²) in [6.07, 6.45) is 1.78. The van der Waals surface area contributed by atoms with Crippen LogP contribution in [0.2, 0.25) is 0 Å². The van der Waals surface area contributed by atoms with Gasteiger partial charge in [0, 0.05) is 0 Å². The Bertz CT molecular complexity index is 834. The van der Waals surface area contributed by atoms with Crippen molar-refractivity contribution in [1.29, 1.82) is 0 Å². The highest BCUT2D eigenvalue weighted by atomic mass is 127. The molecule has 0 bridgehead atoms. The molecular weight excluding hydrogens is 391 g/mol. The maximum Gasteiger partial charge on any atom is 0.244 e. The molecule has 1 aromatic heterocycles. The van der Waals surface area contributed by atoms with Crippen LogP contribution < -0.4 is 5.43 Å². The summed E-state index contributed by atoms with van der Waals surface area (Å²) in [7, 11) is 0. The molecule has 0 aliphatic heterocycles. The summed E-state index contributed by atoms with van der Waals surface area (Å²) in [5, 5.41) is 6.12. The third-order valence-corrected chi connectivity index (χ3v) is 3.79. The van der Waals surface area contributed by atoms with E-state index in [1.54, 1.807) is 6.07 Å². The van der Waals surface area contributed by atoms with Gasteiger partial charge in [-0.2, -0.15) is 5.10 Å². The average molecular weight is 404 g/mol. The van der Waals surface area contributed by atoms with Crippen molar-refractivity contribution in [3.63, 3.8) is 0 Å². The summed E-state index contributed by atoms with van der Waals surface area (Å²) in [5.41, 5.74) is 3.51.